The Morgan fingerprint density at radius 1 is 0.663 bits per heavy atom. The number of hydrogen-bond donors (Lipinski definition) is 4. The number of methoxy groups -OCH3 is 2. The molecule has 0 aromatic heterocycles. The molecule has 4 N–H and O–H groups in total. The number of allylic oxidation sites excluding steroid dienone is 6. The van der Waals surface area contributed by atoms with E-state index in [0.29, 0.717) is 27.8 Å². The summed E-state index contributed by atoms with van der Waals surface area (Å²) in [5.41, 5.74) is 0.355. The third-order valence-electron chi connectivity index (χ3n) is 18.4. The molecule has 0 aliphatic carbocycles. The molecule has 18 nitrogen and oxygen atoms in total. The van der Waals surface area contributed by atoms with Crippen molar-refractivity contribution in [3.63, 3.8) is 0 Å². The van der Waals surface area contributed by atoms with Gasteiger partial charge in [0, 0.05) is 58.9 Å². The molecule has 6 aliphatic rings. The average Bonchev–Trinajstić information content (AvgIpc) is 1.66. The Kier molecular flexibility index (Phi) is 21.4. The second-order valence-electron chi connectivity index (χ2n) is 27.8. The van der Waals surface area contributed by atoms with Crippen molar-refractivity contribution in [2.24, 2.45) is 22.7 Å². The first kappa shape index (κ1) is 70.8. The standard InChI is InChI=1S/C35H49ClN2O7.C34H47ClN2O7/c1-19-13-12-14-27(42-11)35(41)18-26(43-23(5)37-35)22(4)31-34(9,45-31)28(44-32(40)33(6,7)8)17-29(39)38(10)25-16-24(21(19)3)15-20(2)30(25)36;1-19-12-11-13-26(41-10)34(40)18-25(42-22(4)36-34)21(3)30-33(8,44-30)27(43-31(39)32(5,6)7)17-28(38)37(9)24-16-23(14-19)15-20(2)29(24)35/h12-16,21-22,26-28,31,37,41H,5,17-18H2,1-4,6-11H3;11-13,15-16,21,25-27,30,36,40H,4,14,17-18H2,1-3,5-10H3/b14-12+,19-13+;13-11+,19-12+/t21?,22-,26+,27-,28+,31+,34+,35+;21-,25+,26-,27+,30+,33+,34+/m11/s1. The van der Waals surface area contributed by atoms with E-state index < -0.39 is 94.3 Å². The summed E-state index contributed by atoms with van der Waals surface area (Å²) in [6, 6.07) is 7.87. The number of nitrogens with zero attached hydrogens (tertiary/aromatic N) is 2. The first-order valence-electron chi connectivity index (χ1n) is 30.6. The Morgan fingerprint density at radius 3 is 1.48 bits per heavy atom. The van der Waals surface area contributed by atoms with Crippen molar-refractivity contribution in [3.8, 4) is 0 Å². The van der Waals surface area contributed by atoms with Gasteiger partial charge in [0.05, 0.1) is 57.3 Å². The Hall–Kier alpha value is -5.70. The predicted octanol–water partition coefficient (Wildman–Crippen LogP) is 11.3. The number of aliphatic hydroxyl groups is 2. The molecule has 2 aromatic rings. The molecule has 0 saturated carbocycles. The van der Waals surface area contributed by atoms with Crippen LogP contribution in [0, 0.1) is 36.5 Å². The zero-order chi connectivity index (χ0) is 66.4. The van der Waals surface area contributed by atoms with E-state index >= 15 is 0 Å². The number of esters is 2. The number of ether oxygens (including phenoxy) is 8. The Balaban J connectivity index is 0.000000254. The van der Waals surface area contributed by atoms with Crippen LogP contribution in [-0.2, 0) is 63.5 Å². The van der Waals surface area contributed by atoms with Crippen LogP contribution in [0.4, 0.5) is 11.4 Å². The molecule has 6 heterocycles. The number of anilines is 2. The van der Waals surface area contributed by atoms with E-state index in [1.54, 1.807) is 68.8 Å². The number of rotatable bonds is 4. The third-order valence-corrected chi connectivity index (χ3v) is 19.4. The lowest BCUT2D eigenvalue weighted by molar-refractivity contribution is -0.164. The average molecular weight is 1280 g/mol. The highest BCUT2D eigenvalue weighted by molar-refractivity contribution is 6.35. The fourth-order valence-electron chi connectivity index (χ4n) is 12.2. The number of halogens is 2. The predicted molar refractivity (Wildman–Crippen MR) is 345 cm³/mol. The van der Waals surface area contributed by atoms with Gasteiger partial charge in [-0.15, -0.1) is 0 Å². The highest BCUT2D eigenvalue weighted by Gasteiger charge is 2.66. The fraction of sp³-hybridized carbons (Fsp3) is 0.594. The zero-order valence-electron chi connectivity index (χ0n) is 55.5. The van der Waals surface area contributed by atoms with Gasteiger partial charge in [0.15, 0.2) is 23.2 Å². The molecule has 20 heteroatoms. The Labute approximate surface area is 536 Å². The summed E-state index contributed by atoms with van der Waals surface area (Å²) in [6.07, 6.45) is 6.91. The van der Waals surface area contributed by atoms with E-state index in [1.165, 1.54) is 16.9 Å². The molecule has 89 heavy (non-hydrogen) atoms. The van der Waals surface area contributed by atoms with Gasteiger partial charge in [-0.3, -0.25) is 19.2 Å². The molecule has 15 atom stereocenters. The van der Waals surface area contributed by atoms with Crippen LogP contribution in [-0.4, -0.2) is 134 Å². The molecule has 1 unspecified atom stereocenters. The number of nitrogens with one attached hydrogen (secondary N) is 2. The number of amides is 2. The minimum absolute atomic E-state index is 0.00901. The van der Waals surface area contributed by atoms with Crippen LogP contribution >= 0.6 is 23.2 Å². The molecule has 490 valence electrons. The first-order chi connectivity index (χ1) is 41.2. The van der Waals surface area contributed by atoms with Gasteiger partial charge >= 0.3 is 11.9 Å². The van der Waals surface area contributed by atoms with Gasteiger partial charge in [0.25, 0.3) is 0 Å². The van der Waals surface area contributed by atoms with Crippen molar-refractivity contribution in [1.29, 1.82) is 0 Å². The summed E-state index contributed by atoms with van der Waals surface area (Å²) < 4.78 is 48.3. The maximum absolute atomic E-state index is 13.9. The lowest BCUT2D eigenvalue weighted by atomic mass is 9.83. The van der Waals surface area contributed by atoms with Crippen molar-refractivity contribution in [2.45, 2.75) is 213 Å². The maximum Gasteiger partial charge on any atom is 0.311 e. The van der Waals surface area contributed by atoms with Crippen molar-refractivity contribution in [2.75, 3.05) is 38.1 Å². The maximum atomic E-state index is 13.9. The number of aryl methyl sites for hydroxylation is 2. The molecule has 2 amide bonds. The number of hydrogen-bond acceptors (Lipinski definition) is 16. The van der Waals surface area contributed by atoms with Gasteiger partial charge in [-0.2, -0.15) is 0 Å². The number of epoxide rings is 2. The smallest absolute Gasteiger partial charge is 0.311 e. The van der Waals surface area contributed by atoms with Crippen molar-refractivity contribution in [3.05, 3.63) is 129 Å². The number of carbonyl (C=O) groups is 4. The molecule has 8 rings (SSSR count). The molecule has 2 aromatic carbocycles. The summed E-state index contributed by atoms with van der Waals surface area (Å²) in [6.45, 7) is 36.1. The van der Waals surface area contributed by atoms with E-state index in [1.807, 2.05) is 110 Å². The number of carbonyl (C=O) groups excluding carboxylic acids is 4. The molecule has 4 saturated heterocycles. The second kappa shape index (κ2) is 26.9. The van der Waals surface area contributed by atoms with Gasteiger partial charge in [0.2, 0.25) is 11.8 Å². The first-order valence-corrected chi connectivity index (χ1v) is 31.3. The monoisotopic (exact) mass is 1270 g/mol. The van der Waals surface area contributed by atoms with E-state index in [-0.39, 0.29) is 67.0 Å². The van der Waals surface area contributed by atoms with Crippen LogP contribution in [0.1, 0.15) is 144 Å². The summed E-state index contributed by atoms with van der Waals surface area (Å²) in [5, 5.41) is 30.5. The normalized spacial score (nSPS) is 35.6. The molecule has 0 spiro atoms. The fourth-order valence-corrected chi connectivity index (χ4v) is 12.7. The van der Waals surface area contributed by atoms with Gasteiger partial charge in [-0.25, -0.2) is 0 Å². The number of benzene rings is 2. The molecular formula is C69H96Cl2N4O14. The van der Waals surface area contributed by atoms with E-state index in [9.17, 15) is 29.4 Å². The summed E-state index contributed by atoms with van der Waals surface area (Å²) >= 11 is 13.5. The second-order valence-corrected chi connectivity index (χ2v) is 28.5. The molecule has 6 aliphatic heterocycles. The van der Waals surface area contributed by atoms with Gasteiger partial charge < -0.3 is 68.5 Å². The summed E-state index contributed by atoms with van der Waals surface area (Å²) in [5.74, 6) is -1.54. The van der Waals surface area contributed by atoms with Crippen LogP contribution < -0.4 is 20.4 Å². The minimum Gasteiger partial charge on any atom is -0.476 e. The quantitative estimate of drug-likeness (QED) is 0.165. The molecule has 0 radical (unpaired) electrons. The van der Waals surface area contributed by atoms with Gasteiger partial charge in [-0.05, 0) is 137 Å². The van der Waals surface area contributed by atoms with Gasteiger partial charge in [-0.1, -0.05) is 104 Å². The van der Waals surface area contributed by atoms with Crippen molar-refractivity contribution in [1.82, 2.24) is 10.6 Å². The minimum atomic E-state index is -1.51. The van der Waals surface area contributed by atoms with Crippen LogP contribution in [0.5, 0.6) is 0 Å². The van der Waals surface area contributed by atoms with Gasteiger partial charge in [0.1, 0.15) is 47.8 Å². The van der Waals surface area contributed by atoms with E-state index in [0.717, 1.165) is 33.4 Å². The highest BCUT2D eigenvalue weighted by atomic mass is 35.5. The van der Waals surface area contributed by atoms with E-state index in [4.69, 9.17) is 61.1 Å². The topological polar surface area (TPSA) is 220 Å². The van der Waals surface area contributed by atoms with Crippen LogP contribution in [0.2, 0.25) is 10.0 Å². The van der Waals surface area contributed by atoms with Crippen molar-refractivity contribution >= 4 is 58.3 Å². The SMILES string of the molecule is C=C1N[C@]2(O)C[C@H](O1)[C@@H](C)[C@@H]1O[C@@]1(C)[C@@H](OC(=O)C(C)(C)C)CC(=O)N(C)c1cc(cc(C)c1Cl)C(C)/C(C)=C/C=C/[C@H]2OC.C=C1N[C@]2(O)C[C@H](O1)[C@@H](C)[C@@H]1O[C@@]1(C)[C@@H](OC(=O)C(C)(C)C)CC(=O)N(C)c1cc(cc(C)c1Cl)C/C(C)=C/C=C/[C@H]2OC. The van der Waals surface area contributed by atoms with Crippen LogP contribution in [0.3, 0.4) is 0 Å². The zero-order valence-corrected chi connectivity index (χ0v) is 57.0. The molecule has 4 fully saturated rings. The van der Waals surface area contributed by atoms with Crippen molar-refractivity contribution < 1.29 is 67.3 Å². The Morgan fingerprint density at radius 2 is 1.07 bits per heavy atom. The largest absolute Gasteiger partial charge is 0.476 e. The van der Waals surface area contributed by atoms with Crippen LogP contribution in [0.25, 0.3) is 0 Å². The molecule has 8 bridgehead atoms. The molecular weight excluding hydrogens is 1180 g/mol. The Bertz CT molecular complexity index is 3180. The number of fused-ring (bicyclic) bond motifs is 10. The van der Waals surface area contributed by atoms with E-state index in [2.05, 4.69) is 30.7 Å². The third kappa shape index (κ3) is 15.6. The lowest BCUT2D eigenvalue weighted by Gasteiger charge is -2.44. The lowest BCUT2D eigenvalue weighted by Crippen LogP contribution is -2.60. The summed E-state index contributed by atoms with van der Waals surface area (Å²) in [7, 11) is 6.45. The summed E-state index contributed by atoms with van der Waals surface area (Å²) in [4.78, 5) is 57.2. The van der Waals surface area contributed by atoms with Crippen LogP contribution in [0.15, 0.2) is 96.8 Å². The highest BCUT2D eigenvalue weighted by Crippen LogP contribution is 2.52.